The highest BCUT2D eigenvalue weighted by molar-refractivity contribution is 5.99. The molecule has 0 spiro atoms. The maximum absolute atomic E-state index is 12.8. The molecule has 1 atom stereocenters. The van der Waals surface area contributed by atoms with Crippen LogP contribution in [0.2, 0.25) is 0 Å². The zero-order chi connectivity index (χ0) is 18.1. The fraction of sp³-hybridized carbons (Fsp3) is 0.381. The molecule has 1 N–H and O–H groups in total. The number of benzene rings is 1. The van der Waals surface area contributed by atoms with Gasteiger partial charge in [0.15, 0.2) is 5.76 Å². The molecule has 4 rings (SSSR count). The standard InChI is InChI=1S/C21H24N2O3/c1-14-7-8-18-16(12-14)15(2)20(26-18)21(24)22-13-17(19-6-5-11-25-19)23-9-3-4-10-23/h5-8,11-12,17H,3-4,9-10,13H2,1-2H3,(H,22,24)/t17-/m0/s1. The van der Waals surface area contributed by atoms with Crippen LogP contribution in [0, 0.1) is 13.8 Å². The normalized spacial score (nSPS) is 16.2. The lowest BCUT2D eigenvalue weighted by atomic mass is 10.1. The zero-order valence-corrected chi connectivity index (χ0v) is 15.2. The van der Waals surface area contributed by atoms with E-state index in [-0.39, 0.29) is 11.9 Å². The first-order chi connectivity index (χ1) is 12.6. The van der Waals surface area contributed by atoms with Gasteiger partial charge in [-0.25, -0.2) is 0 Å². The molecule has 1 amide bonds. The van der Waals surface area contributed by atoms with E-state index in [1.807, 2.05) is 38.1 Å². The number of rotatable bonds is 5. The summed E-state index contributed by atoms with van der Waals surface area (Å²) in [6.07, 6.45) is 4.06. The maximum Gasteiger partial charge on any atom is 0.287 e. The number of nitrogens with zero attached hydrogens (tertiary/aromatic N) is 1. The number of amides is 1. The Hall–Kier alpha value is -2.53. The number of aryl methyl sites for hydroxylation is 2. The van der Waals surface area contributed by atoms with Crippen LogP contribution in [0.25, 0.3) is 11.0 Å². The monoisotopic (exact) mass is 352 g/mol. The largest absolute Gasteiger partial charge is 0.468 e. The summed E-state index contributed by atoms with van der Waals surface area (Å²) in [5.74, 6) is 1.11. The Morgan fingerprint density at radius 3 is 2.77 bits per heavy atom. The van der Waals surface area contributed by atoms with Crippen LogP contribution in [-0.4, -0.2) is 30.4 Å². The SMILES string of the molecule is Cc1ccc2oc(C(=O)NC[C@@H](c3ccco3)N3CCCC3)c(C)c2c1. The van der Waals surface area contributed by atoms with Crippen molar-refractivity contribution < 1.29 is 13.6 Å². The summed E-state index contributed by atoms with van der Waals surface area (Å²) < 4.78 is 11.4. The second-order valence-corrected chi connectivity index (χ2v) is 7.04. The van der Waals surface area contributed by atoms with Gasteiger partial charge in [0.05, 0.1) is 12.3 Å². The molecular formula is C21H24N2O3. The van der Waals surface area contributed by atoms with Crippen molar-refractivity contribution in [2.24, 2.45) is 0 Å². The van der Waals surface area contributed by atoms with E-state index in [1.165, 1.54) is 12.8 Å². The Bertz CT molecular complexity index is 905. The molecule has 5 heteroatoms. The fourth-order valence-electron chi connectivity index (χ4n) is 3.76. The number of carbonyl (C=O) groups is 1. The van der Waals surface area contributed by atoms with E-state index in [9.17, 15) is 4.79 Å². The molecule has 1 aliphatic heterocycles. The van der Waals surface area contributed by atoms with Crippen LogP contribution in [0.4, 0.5) is 0 Å². The van der Waals surface area contributed by atoms with Crippen molar-refractivity contribution in [2.45, 2.75) is 32.7 Å². The van der Waals surface area contributed by atoms with Crippen molar-refractivity contribution >= 4 is 16.9 Å². The Labute approximate surface area is 153 Å². The van der Waals surface area contributed by atoms with Gasteiger partial charge < -0.3 is 14.2 Å². The summed E-state index contributed by atoms with van der Waals surface area (Å²) in [5, 5.41) is 4.04. The molecule has 5 nitrogen and oxygen atoms in total. The molecule has 2 aromatic heterocycles. The molecule has 3 aromatic rings. The Kier molecular flexibility index (Phi) is 4.55. The molecule has 1 saturated heterocycles. The van der Waals surface area contributed by atoms with Crippen molar-refractivity contribution in [3.8, 4) is 0 Å². The summed E-state index contributed by atoms with van der Waals surface area (Å²) in [6.45, 7) is 6.54. The second kappa shape index (κ2) is 7.00. The number of carbonyl (C=O) groups excluding carboxylic acids is 1. The van der Waals surface area contributed by atoms with Gasteiger partial charge in [0.25, 0.3) is 5.91 Å². The van der Waals surface area contributed by atoms with Crippen molar-refractivity contribution in [2.75, 3.05) is 19.6 Å². The predicted molar refractivity (Wildman–Crippen MR) is 100 cm³/mol. The third-order valence-corrected chi connectivity index (χ3v) is 5.21. The summed E-state index contributed by atoms with van der Waals surface area (Å²) in [7, 11) is 0. The van der Waals surface area contributed by atoms with Crippen LogP contribution in [-0.2, 0) is 0 Å². The number of fused-ring (bicyclic) bond motifs is 1. The van der Waals surface area contributed by atoms with Gasteiger partial charge in [-0.2, -0.15) is 0 Å². The van der Waals surface area contributed by atoms with Gasteiger partial charge in [0.1, 0.15) is 11.3 Å². The van der Waals surface area contributed by atoms with Gasteiger partial charge in [-0.05, 0) is 64.0 Å². The van der Waals surface area contributed by atoms with E-state index in [2.05, 4.69) is 16.3 Å². The molecule has 0 unspecified atom stereocenters. The fourth-order valence-corrected chi connectivity index (χ4v) is 3.76. The average Bonchev–Trinajstić information content (AvgIpc) is 3.38. The number of hydrogen-bond donors (Lipinski definition) is 1. The van der Waals surface area contributed by atoms with Crippen molar-refractivity contribution in [3.05, 3.63) is 59.2 Å². The Morgan fingerprint density at radius 2 is 2.04 bits per heavy atom. The molecule has 1 aliphatic rings. The molecule has 0 saturated carbocycles. The highest BCUT2D eigenvalue weighted by atomic mass is 16.3. The van der Waals surface area contributed by atoms with Crippen LogP contribution in [0.1, 0.15) is 46.3 Å². The Balaban J connectivity index is 1.53. The molecule has 136 valence electrons. The first-order valence-electron chi connectivity index (χ1n) is 9.19. The lowest BCUT2D eigenvalue weighted by molar-refractivity contribution is 0.0907. The van der Waals surface area contributed by atoms with Gasteiger partial charge in [-0.1, -0.05) is 11.6 Å². The topological polar surface area (TPSA) is 58.6 Å². The van der Waals surface area contributed by atoms with E-state index >= 15 is 0 Å². The van der Waals surface area contributed by atoms with Crippen LogP contribution >= 0.6 is 0 Å². The average molecular weight is 352 g/mol. The summed E-state index contributed by atoms with van der Waals surface area (Å²) in [5.41, 5.74) is 2.79. The van der Waals surface area contributed by atoms with Gasteiger partial charge in [-0.3, -0.25) is 9.69 Å². The van der Waals surface area contributed by atoms with Crippen LogP contribution in [0.5, 0.6) is 0 Å². The molecular weight excluding hydrogens is 328 g/mol. The molecule has 3 heterocycles. The van der Waals surface area contributed by atoms with E-state index in [4.69, 9.17) is 8.83 Å². The quantitative estimate of drug-likeness (QED) is 0.747. The number of nitrogens with one attached hydrogen (secondary N) is 1. The number of likely N-dealkylation sites (tertiary alicyclic amines) is 1. The molecule has 1 aromatic carbocycles. The third-order valence-electron chi connectivity index (χ3n) is 5.21. The van der Waals surface area contributed by atoms with Crippen LogP contribution in [0.15, 0.2) is 45.4 Å². The van der Waals surface area contributed by atoms with Crippen molar-refractivity contribution in [3.63, 3.8) is 0 Å². The summed E-state index contributed by atoms with van der Waals surface area (Å²) in [4.78, 5) is 15.1. The van der Waals surface area contributed by atoms with Gasteiger partial charge in [0, 0.05) is 17.5 Å². The summed E-state index contributed by atoms with van der Waals surface area (Å²) in [6, 6.07) is 9.90. The van der Waals surface area contributed by atoms with Crippen molar-refractivity contribution in [1.82, 2.24) is 10.2 Å². The molecule has 0 radical (unpaired) electrons. The van der Waals surface area contributed by atoms with Gasteiger partial charge >= 0.3 is 0 Å². The minimum absolute atomic E-state index is 0.0587. The second-order valence-electron chi connectivity index (χ2n) is 7.04. The maximum atomic E-state index is 12.8. The first-order valence-corrected chi connectivity index (χ1v) is 9.19. The lowest BCUT2D eigenvalue weighted by Crippen LogP contribution is -2.36. The number of furan rings is 2. The number of hydrogen-bond acceptors (Lipinski definition) is 4. The van der Waals surface area contributed by atoms with Crippen LogP contribution in [0.3, 0.4) is 0 Å². The van der Waals surface area contributed by atoms with Gasteiger partial charge in [0.2, 0.25) is 0 Å². The minimum atomic E-state index is -0.174. The Morgan fingerprint density at radius 1 is 1.23 bits per heavy atom. The molecule has 26 heavy (non-hydrogen) atoms. The third kappa shape index (κ3) is 3.15. The molecule has 1 fully saturated rings. The predicted octanol–water partition coefficient (Wildman–Crippen LogP) is 4.21. The van der Waals surface area contributed by atoms with E-state index < -0.39 is 0 Å². The lowest BCUT2D eigenvalue weighted by Gasteiger charge is -2.25. The van der Waals surface area contributed by atoms with Gasteiger partial charge in [-0.15, -0.1) is 0 Å². The molecule has 0 aliphatic carbocycles. The van der Waals surface area contributed by atoms with Crippen molar-refractivity contribution in [1.29, 1.82) is 0 Å². The zero-order valence-electron chi connectivity index (χ0n) is 15.2. The first kappa shape index (κ1) is 16.9. The highest BCUT2D eigenvalue weighted by Crippen LogP contribution is 2.27. The van der Waals surface area contributed by atoms with E-state index in [1.54, 1.807) is 6.26 Å². The molecule has 0 bridgehead atoms. The smallest absolute Gasteiger partial charge is 0.287 e. The minimum Gasteiger partial charge on any atom is -0.468 e. The highest BCUT2D eigenvalue weighted by Gasteiger charge is 2.27. The summed E-state index contributed by atoms with van der Waals surface area (Å²) >= 11 is 0. The van der Waals surface area contributed by atoms with E-state index in [0.29, 0.717) is 12.3 Å². The van der Waals surface area contributed by atoms with Crippen LogP contribution < -0.4 is 5.32 Å². The van der Waals surface area contributed by atoms with E-state index in [0.717, 1.165) is 40.9 Å².